The quantitative estimate of drug-likeness (QED) is 0.617. The molecule has 0 saturated carbocycles. The predicted molar refractivity (Wildman–Crippen MR) is 71.7 cm³/mol. The molecule has 0 radical (unpaired) electrons. The fourth-order valence-corrected chi connectivity index (χ4v) is 1.51. The molecule has 0 N–H and O–H groups in total. The highest BCUT2D eigenvalue weighted by Crippen LogP contribution is 2.05. The van der Waals surface area contributed by atoms with Crippen molar-refractivity contribution in [2.45, 2.75) is 6.61 Å². The topological polar surface area (TPSA) is 26.3 Å². The molecule has 0 atom stereocenters. The van der Waals surface area contributed by atoms with Crippen molar-refractivity contribution in [3.63, 3.8) is 0 Å². The smallest absolute Gasteiger partial charge is 0.331 e. The van der Waals surface area contributed by atoms with Gasteiger partial charge in [0.15, 0.2) is 0 Å². The summed E-state index contributed by atoms with van der Waals surface area (Å²) in [5.41, 5.74) is 1.68. The summed E-state index contributed by atoms with van der Waals surface area (Å²) in [5.74, 6) is -0.729. The van der Waals surface area contributed by atoms with Crippen molar-refractivity contribution >= 4 is 12.0 Å². The monoisotopic (exact) mass is 256 g/mol. The maximum absolute atomic E-state index is 12.7. The lowest BCUT2D eigenvalue weighted by atomic mass is 10.2. The predicted octanol–water partition coefficient (Wildman–Crippen LogP) is 3.58. The van der Waals surface area contributed by atoms with Crippen LogP contribution in [0.25, 0.3) is 6.08 Å². The summed E-state index contributed by atoms with van der Waals surface area (Å²) in [6, 6.07) is 15.3. The van der Waals surface area contributed by atoms with Crippen LogP contribution in [0.15, 0.2) is 60.7 Å². The molecule has 2 aromatic rings. The van der Waals surface area contributed by atoms with Crippen molar-refractivity contribution in [1.29, 1.82) is 0 Å². The van der Waals surface area contributed by atoms with Gasteiger partial charge in [0.1, 0.15) is 12.4 Å². The van der Waals surface area contributed by atoms with E-state index in [2.05, 4.69) is 0 Å². The van der Waals surface area contributed by atoms with Gasteiger partial charge in [-0.15, -0.1) is 0 Å². The molecule has 3 heteroatoms. The summed E-state index contributed by atoms with van der Waals surface area (Å²) in [7, 11) is 0. The second-order valence-corrected chi connectivity index (χ2v) is 3.98. The summed E-state index contributed by atoms with van der Waals surface area (Å²) >= 11 is 0. The number of rotatable bonds is 4. The summed E-state index contributed by atoms with van der Waals surface area (Å²) in [6.07, 6.45) is 3.06. The summed E-state index contributed by atoms with van der Waals surface area (Å²) < 4.78 is 17.7. The summed E-state index contributed by atoms with van der Waals surface area (Å²) in [5, 5.41) is 0. The van der Waals surface area contributed by atoms with E-state index in [9.17, 15) is 9.18 Å². The van der Waals surface area contributed by atoms with Gasteiger partial charge in [0, 0.05) is 6.08 Å². The minimum Gasteiger partial charge on any atom is -0.458 e. The van der Waals surface area contributed by atoms with Gasteiger partial charge in [-0.1, -0.05) is 42.5 Å². The molecule has 0 bridgehead atoms. The van der Waals surface area contributed by atoms with Crippen LogP contribution in [0, 0.1) is 5.82 Å². The van der Waals surface area contributed by atoms with Gasteiger partial charge in [0.05, 0.1) is 0 Å². The molecule has 2 rings (SSSR count). The molecule has 2 nitrogen and oxygen atoms in total. The zero-order valence-electron chi connectivity index (χ0n) is 10.3. The molecule has 0 unspecified atom stereocenters. The molecule has 0 aliphatic carbocycles. The first-order valence-corrected chi connectivity index (χ1v) is 5.88. The zero-order valence-corrected chi connectivity index (χ0v) is 10.3. The lowest BCUT2D eigenvalue weighted by molar-refractivity contribution is -0.138. The van der Waals surface area contributed by atoms with Gasteiger partial charge in [-0.05, 0) is 29.3 Å². The van der Waals surface area contributed by atoms with Crippen LogP contribution >= 0.6 is 0 Å². The molecule has 19 heavy (non-hydrogen) atoms. The Morgan fingerprint density at radius 2 is 1.74 bits per heavy atom. The number of ether oxygens (including phenoxy) is 1. The standard InChI is InChI=1S/C16H13FO2/c17-15-9-6-14(7-10-15)12-19-16(18)11-8-13-4-2-1-3-5-13/h1-11H,12H2. The number of hydrogen-bond acceptors (Lipinski definition) is 2. The van der Waals surface area contributed by atoms with Gasteiger partial charge >= 0.3 is 5.97 Å². The molecule has 0 aliphatic rings. The highest BCUT2D eigenvalue weighted by Gasteiger charge is 1.99. The van der Waals surface area contributed by atoms with Crippen molar-refractivity contribution in [3.05, 3.63) is 77.6 Å². The van der Waals surface area contributed by atoms with Gasteiger partial charge in [0.2, 0.25) is 0 Å². The molecular weight excluding hydrogens is 243 g/mol. The molecule has 0 aromatic heterocycles. The van der Waals surface area contributed by atoms with Crippen molar-refractivity contribution in [3.8, 4) is 0 Å². The van der Waals surface area contributed by atoms with Crippen LogP contribution in [-0.2, 0) is 16.1 Å². The Morgan fingerprint density at radius 3 is 2.42 bits per heavy atom. The third-order valence-electron chi connectivity index (χ3n) is 2.51. The Kier molecular flexibility index (Phi) is 4.45. The van der Waals surface area contributed by atoms with Crippen LogP contribution in [0.2, 0.25) is 0 Å². The molecule has 0 fully saturated rings. The second kappa shape index (κ2) is 6.50. The SMILES string of the molecule is O=C(C=Cc1ccccc1)OCc1ccc(F)cc1. The fraction of sp³-hybridized carbons (Fsp3) is 0.0625. The van der Waals surface area contributed by atoms with E-state index in [-0.39, 0.29) is 12.4 Å². The van der Waals surface area contributed by atoms with Crippen molar-refractivity contribution in [2.24, 2.45) is 0 Å². The van der Waals surface area contributed by atoms with Gasteiger partial charge < -0.3 is 4.74 Å². The average Bonchev–Trinajstić information content (AvgIpc) is 2.45. The fourth-order valence-electron chi connectivity index (χ4n) is 1.51. The van der Waals surface area contributed by atoms with Gasteiger partial charge in [-0.25, -0.2) is 9.18 Å². The summed E-state index contributed by atoms with van der Waals surface area (Å²) in [6.45, 7) is 0.137. The van der Waals surface area contributed by atoms with E-state index in [1.165, 1.54) is 18.2 Å². The Labute approximate surface area is 111 Å². The molecule has 96 valence electrons. The number of halogens is 1. The number of benzene rings is 2. The molecule has 0 saturated heterocycles. The van der Waals surface area contributed by atoms with E-state index in [4.69, 9.17) is 4.74 Å². The third-order valence-corrected chi connectivity index (χ3v) is 2.51. The highest BCUT2D eigenvalue weighted by molar-refractivity contribution is 5.86. The molecule has 2 aromatic carbocycles. The maximum atomic E-state index is 12.7. The van der Waals surface area contributed by atoms with Gasteiger partial charge in [0.25, 0.3) is 0 Å². The van der Waals surface area contributed by atoms with Gasteiger partial charge in [-0.2, -0.15) is 0 Å². The number of carbonyl (C=O) groups excluding carboxylic acids is 1. The average molecular weight is 256 g/mol. The highest BCUT2D eigenvalue weighted by atomic mass is 19.1. The number of esters is 1. The van der Waals surface area contributed by atoms with Gasteiger partial charge in [-0.3, -0.25) is 0 Å². The Hall–Kier alpha value is -2.42. The van der Waals surface area contributed by atoms with E-state index in [1.807, 2.05) is 30.3 Å². The number of carbonyl (C=O) groups is 1. The lowest BCUT2D eigenvalue weighted by Gasteiger charge is -2.01. The third kappa shape index (κ3) is 4.39. The van der Waals surface area contributed by atoms with E-state index in [1.54, 1.807) is 18.2 Å². The maximum Gasteiger partial charge on any atom is 0.331 e. The molecular formula is C16H13FO2. The van der Waals surface area contributed by atoms with E-state index < -0.39 is 5.97 Å². The van der Waals surface area contributed by atoms with Crippen LogP contribution in [-0.4, -0.2) is 5.97 Å². The normalized spacial score (nSPS) is 10.6. The first-order chi connectivity index (χ1) is 9.24. The zero-order chi connectivity index (χ0) is 13.5. The minimum atomic E-state index is -0.423. The van der Waals surface area contributed by atoms with E-state index in [0.717, 1.165) is 11.1 Å². The Bertz CT molecular complexity index is 559. The molecule has 0 aliphatic heterocycles. The van der Waals surface area contributed by atoms with Crippen LogP contribution in [0.1, 0.15) is 11.1 Å². The van der Waals surface area contributed by atoms with Crippen LogP contribution in [0.3, 0.4) is 0 Å². The van der Waals surface area contributed by atoms with Crippen LogP contribution in [0.4, 0.5) is 4.39 Å². The van der Waals surface area contributed by atoms with E-state index in [0.29, 0.717) is 0 Å². The van der Waals surface area contributed by atoms with Crippen molar-refractivity contribution in [1.82, 2.24) is 0 Å². The van der Waals surface area contributed by atoms with Crippen molar-refractivity contribution in [2.75, 3.05) is 0 Å². The minimum absolute atomic E-state index is 0.137. The first-order valence-electron chi connectivity index (χ1n) is 5.88. The molecule has 0 amide bonds. The summed E-state index contributed by atoms with van der Waals surface area (Å²) in [4.78, 5) is 11.5. The number of hydrogen-bond donors (Lipinski definition) is 0. The first kappa shape index (κ1) is 13.0. The van der Waals surface area contributed by atoms with Crippen LogP contribution < -0.4 is 0 Å². The van der Waals surface area contributed by atoms with E-state index >= 15 is 0 Å². The lowest BCUT2D eigenvalue weighted by Crippen LogP contribution is -2.00. The largest absolute Gasteiger partial charge is 0.458 e. The molecule has 0 spiro atoms. The Balaban J connectivity index is 1.85. The Morgan fingerprint density at radius 1 is 1.05 bits per heavy atom. The molecule has 0 heterocycles. The van der Waals surface area contributed by atoms with Crippen LogP contribution in [0.5, 0.6) is 0 Å². The second-order valence-electron chi connectivity index (χ2n) is 3.98. The van der Waals surface area contributed by atoms with Crippen molar-refractivity contribution < 1.29 is 13.9 Å².